The number of azo groups is 1. The number of carboxylic acids is 1. The highest BCUT2D eigenvalue weighted by Crippen LogP contribution is 2.36. The van der Waals surface area contributed by atoms with E-state index in [1.165, 1.54) is 19.2 Å². The van der Waals surface area contributed by atoms with Crippen LogP contribution < -0.4 is 5.32 Å². The van der Waals surface area contributed by atoms with Gasteiger partial charge in [-0.2, -0.15) is 10.2 Å². The quantitative estimate of drug-likeness (QED) is 0.570. The van der Waals surface area contributed by atoms with E-state index >= 15 is 0 Å². The van der Waals surface area contributed by atoms with Gasteiger partial charge in [0.2, 0.25) is 5.91 Å². The Hall–Kier alpha value is -2.15. The summed E-state index contributed by atoms with van der Waals surface area (Å²) in [7, 11) is 1.46. The third kappa shape index (κ3) is 4.55. The highest BCUT2D eigenvalue weighted by atomic mass is 35.5. The van der Waals surface area contributed by atoms with Crippen molar-refractivity contribution in [3.05, 3.63) is 17.2 Å². The van der Waals surface area contributed by atoms with Gasteiger partial charge in [0.1, 0.15) is 0 Å². The second-order valence-electron chi connectivity index (χ2n) is 3.57. The van der Waals surface area contributed by atoms with Gasteiger partial charge in [0.25, 0.3) is 0 Å². The number of carbonyl (C=O) groups excluding carboxylic acids is 1. The van der Waals surface area contributed by atoms with Crippen LogP contribution in [0.4, 0.5) is 11.4 Å². The molecule has 0 fully saturated rings. The summed E-state index contributed by atoms with van der Waals surface area (Å²) in [6, 6.07) is 2.77. The molecule has 0 radical (unpaired) electrons. The lowest BCUT2D eigenvalue weighted by Crippen LogP contribution is -2.13. The van der Waals surface area contributed by atoms with E-state index in [1.807, 2.05) is 0 Å². The fourth-order valence-corrected chi connectivity index (χ4v) is 1.50. The number of amides is 1. The fourth-order valence-electron chi connectivity index (χ4n) is 1.29. The maximum Gasteiger partial charge on any atom is 0.303 e. The van der Waals surface area contributed by atoms with Crippen LogP contribution in [0, 0.1) is 0 Å². The van der Waals surface area contributed by atoms with E-state index in [9.17, 15) is 14.7 Å². The molecule has 0 spiro atoms. The van der Waals surface area contributed by atoms with E-state index in [0.717, 1.165) is 0 Å². The maximum absolute atomic E-state index is 11.5. The van der Waals surface area contributed by atoms with E-state index in [4.69, 9.17) is 16.7 Å². The average Bonchev–Trinajstić information content (AvgIpc) is 2.33. The second-order valence-corrected chi connectivity index (χ2v) is 3.97. The molecule has 7 nitrogen and oxygen atoms in total. The second kappa shape index (κ2) is 6.69. The fraction of sp³-hybridized carbons (Fsp3) is 0.273. The van der Waals surface area contributed by atoms with E-state index in [0.29, 0.717) is 5.69 Å². The number of halogens is 1. The number of aromatic hydroxyl groups is 1. The molecule has 0 bridgehead atoms. The summed E-state index contributed by atoms with van der Waals surface area (Å²) in [5.74, 6) is -1.93. The molecule has 1 rings (SSSR count). The average molecular weight is 286 g/mol. The molecule has 3 N–H and O–H groups in total. The first-order chi connectivity index (χ1) is 8.93. The number of nitrogens with one attached hydrogen (secondary N) is 1. The molecule has 8 heteroatoms. The Labute approximate surface area is 113 Å². The molecular formula is C11H12ClN3O4. The van der Waals surface area contributed by atoms with Crippen LogP contribution in [0.25, 0.3) is 0 Å². The number of carboxylic acid groups (broad SMARTS) is 1. The SMILES string of the molecule is CN=Nc1cc(Cl)c(O)c(NC(=O)CCC(=O)O)c1. The monoisotopic (exact) mass is 285 g/mol. The van der Waals surface area contributed by atoms with E-state index in [2.05, 4.69) is 15.5 Å². The zero-order chi connectivity index (χ0) is 14.4. The number of benzene rings is 1. The Morgan fingerprint density at radius 1 is 1.37 bits per heavy atom. The van der Waals surface area contributed by atoms with Crippen molar-refractivity contribution < 1.29 is 19.8 Å². The minimum atomic E-state index is -1.08. The zero-order valence-corrected chi connectivity index (χ0v) is 10.8. The molecule has 0 unspecified atom stereocenters. The van der Waals surface area contributed by atoms with E-state index < -0.39 is 11.9 Å². The van der Waals surface area contributed by atoms with Gasteiger partial charge in [0.05, 0.1) is 22.8 Å². The molecule has 0 aliphatic heterocycles. The minimum absolute atomic E-state index is 0.0124. The van der Waals surface area contributed by atoms with Crippen LogP contribution in [-0.4, -0.2) is 29.1 Å². The number of rotatable bonds is 5. The molecule has 1 amide bonds. The summed E-state index contributed by atoms with van der Waals surface area (Å²) < 4.78 is 0. The number of aliphatic carboxylic acids is 1. The summed E-state index contributed by atoms with van der Waals surface area (Å²) in [6.45, 7) is 0. The molecule has 0 aliphatic rings. The van der Waals surface area contributed by atoms with Crippen molar-refractivity contribution in [1.29, 1.82) is 0 Å². The lowest BCUT2D eigenvalue weighted by Gasteiger charge is -2.08. The topological polar surface area (TPSA) is 111 Å². The standard InChI is InChI=1S/C11H12ClN3O4/c1-13-15-6-4-7(12)11(19)8(5-6)14-9(16)2-3-10(17)18/h4-5,19H,2-3H2,1H3,(H,14,16)(H,17,18). The Balaban J connectivity index is 2.87. The van der Waals surface area contributed by atoms with Gasteiger partial charge >= 0.3 is 5.97 Å². The molecule has 0 heterocycles. The Kier molecular flexibility index (Phi) is 5.25. The van der Waals surface area contributed by atoms with Crippen molar-refractivity contribution >= 4 is 34.9 Å². The molecule has 1 aromatic carbocycles. The van der Waals surface area contributed by atoms with Crippen molar-refractivity contribution in [2.45, 2.75) is 12.8 Å². The van der Waals surface area contributed by atoms with E-state index in [-0.39, 0.29) is 29.3 Å². The molecule has 0 atom stereocenters. The summed E-state index contributed by atoms with van der Waals surface area (Å²) in [5.41, 5.74) is 0.420. The van der Waals surface area contributed by atoms with Gasteiger partial charge in [-0.1, -0.05) is 11.6 Å². The van der Waals surface area contributed by atoms with Gasteiger partial charge < -0.3 is 15.5 Å². The molecular weight excluding hydrogens is 274 g/mol. The first-order valence-corrected chi connectivity index (χ1v) is 5.66. The molecule has 1 aromatic rings. The zero-order valence-electron chi connectivity index (χ0n) is 10.1. The van der Waals surface area contributed by atoms with Gasteiger partial charge in [-0.05, 0) is 12.1 Å². The highest BCUT2D eigenvalue weighted by Gasteiger charge is 2.12. The van der Waals surface area contributed by atoms with Crippen LogP contribution in [0.15, 0.2) is 22.4 Å². The predicted molar refractivity (Wildman–Crippen MR) is 69.1 cm³/mol. The number of carbonyl (C=O) groups is 2. The molecule has 0 aliphatic carbocycles. The first-order valence-electron chi connectivity index (χ1n) is 5.28. The number of hydrogen-bond donors (Lipinski definition) is 3. The Morgan fingerprint density at radius 3 is 2.63 bits per heavy atom. The Morgan fingerprint density at radius 2 is 2.05 bits per heavy atom. The largest absolute Gasteiger partial charge is 0.504 e. The molecule has 102 valence electrons. The lowest BCUT2D eigenvalue weighted by atomic mass is 10.2. The lowest BCUT2D eigenvalue weighted by molar-refractivity contribution is -0.138. The number of anilines is 1. The number of hydrogen-bond acceptors (Lipinski definition) is 5. The van der Waals surface area contributed by atoms with Crippen molar-refractivity contribution in [2.24, 2.45) is 10.2 Å². The minimum Gasteiger partial charge on any atom is -0.504 e. The van der Waals surface area contributed by atoms with Gasteiger partial charge in [0.15, 0.2) is 5.75 Å². The number of phenolic OH excluding ortho intramolecular Hbond substituents is 1. The van der Waals surface area contributed by atoms with Crippen molar-refractivity contribution in [1.82, 2.24) is 0 Å². The molecule has 0 aromatic heterocycles. The van der Waals surface area contributed by atoms with Gasteiger partial charge in [-0.15, -0.1) is 0 Å². The van der Waals surface area contributed by atoms with Crippen LogP contribution in [0.3, 0.4) is 0 Å². The van der Waals surface area contributed by atoms with Gasteiger partial charge in [0, 0.05) is 13.5 Å². The van der Waals surface area contributed by atoms with Crippen LogP contribution in [-0.2, 0) is 9.59 Å². The Bertz CT molecular complexity index is 531. The van der Waals surface area contributed by atoms with Crippen LogP contribution in [0.1, 0.15) is 12.8 Å². The third-order valence-electron chi connectivity index (χ3n) is 2.10. The molecule has 0 saturated heterocycles. The normalized spacial score (nSPS) is 10.6. The van der Waals surface area contributed by atoms with E-state index in [1.54, 1.807) is 0 Å². The number of nitrogens with zero attached hydrogens (tertiary/aromatic N) is 2. The summed E-state index contributed by atoms with van der Waals surface area (Å²) in [5, 5.41) is 27.8. The summed E-state index contributed by atoms with van der Waals surface area (Å²) in [4.78, 5) is 21.8. The highest BCUT2D eigenvalue weighted by molar-refractivity contribution is 6.32. The third-order valence-corrected chi connectivity index (χ3v) is 2.39. The van der Waals surface area contributed by atoms with Gasteiger partial charge in [-0.25, -0.2) is 0 Å². The summed E-state index contributed by atoms with van der Waals surface area (Å²) in [6.07, 6.45) is -0.499. The van der Waals surface area contributed by atoms with Crippen LogP contribution in [0.2, 0.25) is 5.02 Å². The van der Waals surface area contributed by atoms with Crippen molar-refractivity contribution in [3.63, 3.8) is 0 Å². The molecule has 0 saturated carbocycles. The van der Waals surface area contributed by atoms with Crippen molar-refractivity contribution in [3.8, 4) is 5.75 Å². The van der Waals surface area contributed by atoms with Gasteiger partial charge in [-0.3, -0.25) is 9.59 Å². The molecule has 19 heavy (non-hydrogen) atoms. The van der Waals surface area contributed by atoms with Crippen LogP contribution >= 0.6 is 11.6 Å². The van der Waals surface area contributed by atoms with Crippen molar-refractivity contribution in [2.75, 3.05) is 12.4 Å². The smallest absolute Gasteiger partial charge is 0.303 e. The predicted octanol–water partition coefficient (Wildman–Crippen LogP) is 2.56. The summed E-state index contributed by atoms with van der Waals surface area (Å²) >= 11 is 5.77. The van der Waals surface area contributed by atoms with Crippen LogP contribution in [0.5, 0.6) is 5.75 Å². The first kappa shape index (κ1) is 14.9. The maximum atomic E-state index is 11.5. The number of phenols is 1.